The SMILES string of the molecule is O=C(NCC[C@H](C(=O)NO)[C@@]1(CCCO)CCN(CCc2ccccc2)C1=O)c1cccc(F)c1. The number of hydrogen-bond acceptors (Lipinski definition) is 5. The molecule has 0 aromatic heterocycles. The van der Waals surface area contributed by atoms with E-state index >= 15 is 0 Å². The van der Waals surface area contributed by atoms with Gasteiger partial charge in [-0.3, -0.25) is 19.6 Å². The van der Waals surface area contributed by atoms with Crippen LogP contribution < -0.4 is 10.8 Å². The lowest BCUT2D eigenvalue weighted by atomic mass is 9.69. The third-order valence-electron chi connectivity index (χ3n) is 6.73. The van der Waals surface area contributed by atoms with Gasteiger partial charge in [-0.1, -0.05) is 36.4 Å². The van der Waals surface area contributed by atoms with E-state index in [4.69, 9.17) is 0 Å². The molecular formula is C26H32FN3O5. The maximum Gasteiger partial charge on any atom is 0.251 e. The molecule has 9 heteroatoms. The summed E-state index contributed by atoms with van der Waals surface area (Å²) in [6.45, 7) is 0.865. The lowest BCUT2D eigenvalue weighted by Crippen LogP contribution is -2.48. The topological polar surface area (TPSA) is 119 Å². The zero-order valence-corrected chi connectivity index (χ0v) is 19.6. The van der Waals surface area contributed by atoms with Gasteiger partial charge in [-0.15, -0.1) is 0 Å². The van der Waals surface area contributed by atoms with E-state index in [0.717, 1.165) is 11.6 Å². The van der Waals surface area contributed by atoms with Crippen LogP contribution in [0.4, 0.5) is 4.39 Å². The molecule has 1 aliphatic heterocycles. The second-order valence-corrected chi connectivity index (χ2v) is 8.84. The fraction of sp³-hybridized carbons (Fsp3) is 0.423. The summed E-state index contributed by atoms with van der Waals surface area (Å²) < 4.78 is 13.4. The Kier molecular flexibility index (Phi) is 9.33. The number of hydroxylamine groups is 1. The first-order valence-corrected chi connectivity index (χ1v) is 11.8. The number of halogens is 1. The Morgan fingerprint density at radius 2 is 1.91 bits per heavy atom. The van der Waals surface area contributed by atoms with Crippen LogP contribution in [0.2, 0.25) is 0 Å². The van der Waals surface area contributed by atoms with E-state index in [1.807, 2.05) is 30.3 Å². The Morgan fingerprint density at radius 3 is 2.60 bits per heavy atom. The minimum atomic E-state index is -1.10. The Labute approximate surface area is 204 Å². The molecule has 1 heterocycles. The number of carbonyl (C=O) groups is 3. The van der Waals surface area contributed by atoms with E-state index in [0.29, 0.717) is 32.4 Å². The molecule has 0 aliphatic carbocycles. The number of rotatable bonds is 12. The van der Waals surface area contributed by atoms with Crippen LogP contribution in [0.15, 0.2) is 54.6 Å². The molecule has 0 radical (unpaired) electrons. The highest BCUT2D eigenvalue weighted by atomic mass is 19.1. The summed E-state index contributed by atoms with van der Waals surface area (Å²) >= 11 is 0. The molecule has 3 rings (SSSR count). The molecular weight excluding hydrogens is 453 g/mol. The fourth-order valence-electron chi connectivity index (χ4n) is 4.90. The number of aliphatic hydroxyl groups is 1. The first kappa shape index (κ1) is 26.3. The number of carbonyl (C=O) groups excluding carboxylic acids is 3. The van der Waals surface area contributed by atoms with Crippen molar-refractivity contribution < 1.29 is 29.1 Å². The van der Waals surface area contributed by atoms with Gasteiger partial charge in [-0.05, 0) is 55.9 Å². The van der Waals surface area contributed by atoms with Crippen molar-refractivity contribution in [1.82, 2.24) is 15.7 Å². The Balaban J connectivity index is 1.72. The zero-order valence-electron chi connectivity index (χ0n) is 19.6. The summed E-state index contributed by atoms with van der Waals surface area (Å²) in [7, 11) is 0. The molecule has 0 saturated carbocycles. The molecule has 188 valence electrons. The lowest BCUT2D eigenvalue weighted by Gasteiger charge is -2.35. The van der Waals surface area contributed by atoms with Crippen molar-refractivity contribution in [3.05, 3.63) is 71.5 Å². The second-order valence-electron chi connectivity index (χ2n) is 8.84. The number of nitrogens with zero attached hydrogens (tertiary/aromatic N) is 1. The molecule has 3 amide bonds. The molecule has 4 N–H and O–H groups in total. The van der Waals surface area contributed by atoms with Gasteiger partial charge in [0.1, 0.15) is 5.82 Å². The van der Waals surface area contributed by atoms with Crippen molar-refractivity contribution in [2.75, 3.05) is 26.2 Å². The van der Waals surface area contributed by atoms with E-state index in [1.165, 1.54) is 18.2 Å². The van der Waals surface area contributed by atoms with Crippen LogP contribution in [0, 0.1) is 17.2 Å². The van der Waals surface area contributed by atoms with Crippen molar-refractivity contribution in [2.24, 2.45) is 11.3 Å². The van der Waals surface area contributed by atoms with E-state index < -0.39 is 29.0 Å². The average Bonchev–Trinajstić information content (AvgIpc) is 3.19. The molecule has 35 heavy (non-hydrogen) atoms. The maximum atomic E-state index is 13.6. The van der Waals surface area contributed by atoms with E-state index in [2.05, 4.69) is 5.32 Å². The smallest absolute Gasteiger partial charge is 0.251 e. The van der Waals surface area contributed by atoms with Gasteiger partial charge >= 0.3 is 0 Å². The number of amides is 3. The minimum Gasteiger partial charge on any atom is -0.396 e. The largest absolute Gasteiger partial charge is 0.396 e. The fourth-order valence-corrected chi connectivity index (χ4v) is 4.90. The summed E-state index contributed by atoms with van der Waals surface area (Å²) in [5.74, 6) is -2.85. The Bertz CT molecular complexity index is 1020. The van der Waals surface area contributed by atoms with Gasteiger partial charge in [-0.2, -0.15) is 0 Å². The first-order chi connectivity index (χ1) is 16.9. The van der Waals surface area contributed by atoms with E-state index in [9.17, 15) is 29.1 Å². The number of aliphatic hydroxyl groups excluding tert-OH is 1. The summed E-state index contributed by atoms with van der Waals surface area (Å²) in [5, 5.41) is 21.5. The van der Waals surface area contributed by atoms with Gasteiger partial charge in [0.05, 0.1) is 11.3 Å². The molecule has 2 aromatic rings. The van der Waals surface area contributed by atoms with E-state index in [1.54, 1.807) is 10.4 Å². The van der Waals surface area contributed by atoms with Crippen LogP contribution in [0.3, 0.4) is 0 Å². The molecule has 2 atom stereocenters. The van der Waals surface area contributed by atoms with Crippen LogP contribution in [-0.4, -0.2) is 59.2 Å². The molecule has 0 bridgehead atoms. The molecule has 0 spiro atoms. The van der Waals surface area contributed by atoms with Gasteiger partial charge in [0.25, 0.3) is 5.91 Å². The van der Waals surface area contributed by atoms with Crippen LogP contribution in [0.1, 0.15) is 41.6 Å². The third-order valence-corrected chi connectivity index (χ3v) is 6.73. The second kappa shape index (κ2) is 12.4. The zero-order chi connectivity index (χ0) is 25.3. The average molecular weight is 486 g/mol. The monoisotopic (exact) mass is 485 g/mol. The van der Waals surface area contributed by atoms with Gasteiger partial charge in [0.2, 0.25) is 11.8 Å². The van der Waals surface area contributed by atoms with Crippen molar-refractivity contribution in [3.8, 4) is 0 Å². The van der Waals surface area contributed by atoms with Gasteiger partial charge < -0.3 is 15.3 Å². The van der Waals surface area contributed by atoms with Gasteiger partial charge in [0.15, 0.2) is 0 Å². The molecule has 1 aliphatic rings. The van der Waals surface area contributed by atoms with Crippen LogP contribution in [0.5, 0.6) is 0 Å². The molecule has 0 unspecified atom stereocenters. The highest BCUT2D eigenvalue weighted by Crippen LogP contribution is 2.45. The number of nitrogens with one attached hydrogen (secondary N) is 2. The van der Waals surface area contributed by atoms with Gasteiger partial charge in [-0.25, -0.2) is 9.87 Å². The van der Waals surface area contributed by atoms with Crippen LogP contribution >= 0.6 is 0 Å². The standard InChI is InChI=1S/C26H32FN3O5/c27-21-9-4-8-20(18-21)23(32)28-14-10-22(24(33)29-35)26(12-5-17-31)13-16-30(25(26)34)15-11-19-6-2-1-3-7-19/h1-4,6-9,18,22,31,35H,5,10-17H2,(H,28,32)(H,29,33)/t22-,26-/m1/s1. The van der Waals surface area contributed by atoms with Crippen molar-refractivity contribution in [2.45, 2.75) is 32.1 Å². The third kappa shape index (κ3) is 6.43. The first-order valence-electron chi connectivity index (χ1n) is 11.8. The Morgan fingerprint density at radius 1 is 1.14 bits per heavy atom. The molecule has 1 fully saturated rings. The molecule has 1 saturated heterocycles. The number of benzene rings is 2. The highest BCUT2D eigenvalue weighted by Gasteiger charge is 2.53. The summed E-state index contributed by atoms with van der Waals surface area (Å²) in [6, 6.07) is 15.0. The van der Waals surface area contributed by atoms with Crippen LogP contribution in [-0.2, 0) is 16.0 Å². The quantitative estimate of drug-likeness (QED) is 0.272. The van der Waals surface area contributed by atoms with Crippen molar-refractivity contribution in [1.29, 1.82) is 0 Å². The number of hydrogen-bond donors (Lipinski definition) is 4. The predicted octanol–water partition coefficient (Wildman–Crippen LogP) is 2.30. The van der Waals surface area contributed by atoms with Crippen LogP contribution in [0.25, 0.3) is 0 Å². The van der Waals surface area contributed by atoms with E-state index in [-0.39, 0.29) is 37.5 Å². The maximum absolute atomic E-state index is 13.6. The normalized spacial score (nSPS) is 18.4. The summed E-state index contributed by atoms with van der Waals surface area (Å²) in [6.07, 6.45) is 1.76. The summed E-state index contributed by atoms with van der Waals surface area (Å²) in [4.78, 5) is 40.5. The van der Waals surface area contributed by atoms with Crippen molar-refractivity contribution >= 4 is 17.7 Å². The van der Waals surface area contributed by atoms with Crippen molar-refractivity contribution in [3.63, 3.8) is 0 Å². The lowest BCUT2D eigenvalue weighted by molar-refractivity contribution is -0.149. The minimum absolute atomic E-state index is 0.0472. The highest BCUT2D eigenvalue weighted by molar-refractivity contribution is 5.94. The Hall–Kier alpha value is -3.30. The molecule has 8 nitrogen and oxygen atoms in total. The summed E-state index contributed by atoms with van der Waals surface area (Å²) in [5.41, 5.74) is 1.82. The van der Waals surface area contributed by atoms with Gasteiger partial charge in [0, 0.05) is 31.8 Å². The number of likely N-dealkylation sites (tertiary alicyclic amines) is 1. The molecule has 2 aromatic carbocycles. The predicted molar refractivity (Wildman–Crippen MR) is 127 cm³/mol.